The molecule has 24 heavy (non-hydrogen) atoms. The Hall–Kier alpha value is -2.10. The second-order valence-corrected chi connectivity index (χ2v) is 6.49. The minimum absolute atomic E-state index is 0.251. The van der Waals surface area contributed by atoms with Crippen molar-refractivity contribution < 1.29 is 9.73 Å². The van der Waals surface area contributed by atoms with E-state index in [2.05, 4.69) is 31.3 Å². The van der Waals surface area contributed by atoms with E-state index in [1.807, 2.05) is 30.3 Å². The summed E-state index contributed by atoms with van der Waals surface area (Å²) in [4.78, 5) is 11.9. The van der Waals surface area contributed by atoms with E-state index in [9.17, 15) is 4.79 Å². The smallest absolute Gasteiger partial charge is 0.336 e. The van der Waals surface area contributed by atoms with Gasteiger partial charge in [-0.15, -0.1) is 0 Å². The SMILES string of the molecule is CCc1ccc2c(C[NH2+][C@@H](C)c3cccc(Cl)c3)cc(=O)oc2c1. The molecule has 3 aromatic rings. The molecule has 2 aromatic carbocycles. The van der Waals surface area contributed by atoms with E-state index in [4.69, 9.17) is 16.0 Å². The predicted octanol–water partition coefficient (Wildman–Crippen LogP) is 3.83. The molecular formula is C20H21ClNO2+. The zero-order valence-electron chi connectivity index (χ0n) is 13.9. The molecule has 2 N–H and O–H groups in total. The summed E-state index contributed by atoms with van der Waals surface area (Å²) in [5.74, 6) is 0. The average molecular weight is 343 g/mol. The Bertz CT molecular complexity index is 917. The zero-order valence-corrected chi connectivity index (χ0v) is 14.6. The molecule has 1 heterocycles. The van der Waals surface area contributed by atoms with Crippen molar-refractivity contribution in [3.05, 3.63) is 80.7 Å². The summed E-state index contributed by atoms with van der Waals surface area (Å²) in [5, 5.41) is 3.94. The Balaban J connectivity index is 1.86. The lowest BCUT2D eigenvalue weighted by Crippen LogP contribution is -2.83. The first-order valence-corrected chi connectivity index (χ1v) is 8.59. The van der Waals surface area contributed by atoms with Crippen molar-refractivity contribution in [2.75, 3.05) is 0 Å². The third-order valence-corrected chi connectivity index (χ3v) is 4.60. The van der Waals surface area contributed by atoms with Crippen LogP contribution in [0.2, 0.25) is 5.02 Å². The highest BCUT2D eigenvalue weighted by Crippen LogP contribution is 2.19. The first kappa shape index (κ1) is 16.7. The monoisotopic (exact) mass is 342 g/mol. The molecule has 0 saturated heterocycles. The average Bonchev–Trinajstić information content (AvgIpc) is 2.58. The summed E-state index contributed by atoms with van der Waals surface area (Å²) >= 11 is 6.07. The summed E-state index contributed by atoms with van der Waals surface area (Å²) in [5.41, 5.74) is 3.70. The van der Waals surface area contributed by atoms with E-state index in [-0.39, 0.29) is 11.7 Å². The molecular weight excluding hydrogens is 322 g/mol. The molecule has 124 valence electrons. The molecule has 0 saturated carbocycles. The van der Waals surface area contributed by atoms with Gasteiger partial charge in [-0.3, -0.25) is 0 Å². The normalized spacial score (nSPS) is 12.5. The van der Waals surface area contributed by atoms with E-state index in [1.165, 1.54) is 11.1 Å². The Morgan fingerprint density at radius 1 is 1.17 bits per heavy atom. The fraction of sp³-hybridized carbons (Fsp3) is 0.250. The van der Waals surface area contributed by atoms with Crippen molar-refractivity contribution in [3.63, 3.8) is 0 Å². The van der Waals surface area contributed by atoms with Crippen LogP contribution in [-0.2, 0) is 13.0 Å². The van der Waals surface area contributed by atoms with Crippen LogP contribution in [0.15, 0.2) is 57.7 Å². The van der Waals surface area contributed by atoms with Crippen LogP contribution in [-0.4, -0.2) is 0 Å². The molecule has 1 aromatic heterocycles. The lowest BCUT2D eigenvalue weighted by atomic mass is 10.0. The second-order valence-electron chi connectivity index (χ2n) is 6.06. The maximum absolute atomic E-state index is 11.9. The molecule has 0 unspecified atom stereocenters. The first-order chi connectivity index (χ1) is 11.6. The summed E-state index contributed by atoms with van der Waals surface area (Å²) < 4.78 is 5.37. The van der Waals surface area contributed by atoms with Crippen molar-refractivity contribution in [1.29, 1.82) is 0 Å². The third kappa shape index (κ3) is 3.69. The van der Waals surface area contributed by atoms with Crippen LogP contribution >= 0.6 is 11.6 Å². The van der Waals surface area contributed by atoms with E-state index >= 15 is 0 Å². The molecule has 0 radical (unpaired) electrons. The standard InChI is InChI=1S/C20H20ClNO2/c1-3-14-7-8-18-16(11-20(23)24-19(18)9-14)12-22-13(2)15-5-4-6-17(21)10-15/h4-11,13,22H,3,12H2,1-2H3/p+1/t13-/m0/s1. The van der Waals surface area contributed by atoms with Crippen LogP contribution in [0, 0.1) is 0 Å². The summed E-state index contributed by atoms with van der Waals surface area (Å²) in [6, 6.07) is 15.8. The van der Waals surface area contributed by atoms with Crippen LogP contribution in [0.25, 0.3) is 11.0 Å². The number of halogens is 1. The van der Waals surface area contributed by atoms with Crippen LogP contribution in [0.5, 0.6) is 0 Å². The minimum Gasteiger partial charge on any atom is -0.423 e. The van der Waals surface area contributed by atoms with Gasteiger partial charge in [0.2, 0.25) is 0 Å². The molecule has 3 rings (SSSR count). The molecule has 0 spiro atoms. The quantitative estimate of drug-likeness (QED) is 0.716. The predicted molar refractivity (Wildman–Crippen MR) is 97.4 cm³/mol. The molecule has 0 amide bonds. The Labute approximate surface area is 146 Å². The highest BCUT2D eigenvalue weighted by atomic mass is 35.5. The third-order valence-electron chi connectivity index (χ3n) is 4.37. The number of nitrogens with two attached hydrogens (primary N) is 1. The van der Waals surface area contributed by atoms with Gasteiger partial charge in [0, 0.05) is 27.6 Å². The molecule has 0 aliphatic rings. The second kappa shape index (κ2) is 7.20. The number of aryl methyl sites for hydroxylation is 1. The summed E-state index contributed by atoms with van der Waals surface area (Å²) in [6.45, 7) is 4.93. The minimum atomic E-state index is -0.297. The van der Waals surface area contributed by atoms with Gasteiger partial charge in [0.05, 0.1) is 0 Å². The van der Waals surface area contributed by atoms with Crippen molar-refractivity contribution in [2.45, 2.75) is 32.9 Å². The highest BCUT2D eigenvalue weighted by Gasteiger charge is 2.12. The largest absolute Gasteiger partial charge is 0.423 e. The van der Waals surface area contributed by atoms with Crippen molar-refractivity contribution >= 4 is 22.6 Å². The van der Waals surface area contributed by atoms with E-state index in [0.717, 1.165) is 22.4 Å². The van der Waals surface area contributed by atoms with Crippen molar-refractivity contribution in [3.8, 4) is 0 Å². The molecule has 0 aliphatic carbocycles. The van der Waals surface area contributed by atoms with Crippen LogP contribution in [0.3, 0.4) is 0 Å². The Kier molecular flexibility index (Phi) is 5.03. The van der Waals surface area contributed by atoms with Gasteiger partial charge >= 0.3 is 5.63 Å². The van der Waals surface area contributed by atoms with Gasteiger partial charge in [0.1, 0.15) is 18.2 Å². The van der Waals surface area contributed by atoms with Gasteiger partial charge in [-0.05, 0) is 37.1 Å². The fourth-order valence-corrected chi connectivity index (χ4v) is 3.09. The van der Waals surface area contributed by atoms with Crippen molar-refractivity contribution in [1.82, 2.24) is 0 Å². The lowest BCUT2D eigenvalue weighted by molar-refractivity contribution is -0.707. The molecule has 4 heteroatoms. The number of hydrogen-bond donors (Lipinski definition) is 1. The van der Waals surface area contributed by atoms with Crippen molar-refractivity contribution in [2.24, 2.45) is 0 Å². The number of hydrogen-bond acceptors (Lipinski definition) is 2. The zero-order chi connectivity index (χ0) is 17.1. The number of fused-ring (bicyclic) bond motifs is 1. The molecule has 0 fully saturated rings. The Morgan fingerprint density at radius 2 is 2.00 bits per heavy atom. The summed E-state index contributed by atoms with van der Waals surface area (Å²) in [7, 11) is 0. The molecule has 1 atom stereocenters. The van der Waals surface area contributed by atoms with Gasteiger partial charge in [-0.25, -0.2) is 4.79 Å². The number of rotatable bonds is 5. The van der Waals surface area contributed by atoms with Gasteiger partial charge in [-0.1, -0.05) is 42.8 Å². The van der Waals surface area contributed by atoms with Crippen LogP contribution in [0.4, 0.5) is 0 Å². The molecule has 0 bridgehead atoms. The van der Waals surface area contributed by atoms with Gasteiger partial charge < -0.3 is 9.73 Å². The lowest BCUT2D eigenvalue weighted by Gasteiger charge is -2.12. The molecule has 3 nitrogen and oxygen atoms in total. The van der Waals surface area contributed by atoms with E-state index < -0.39 is 0 Å². The highest BCUT2D eigenvalue weighted by molar-refractivity contribution is 6.30. The maximum atomic E-state index is 11.9. The Morgan fingerprint density at radius 3 is 2.75 bits per heavy atom. The maximum Gasteiger partial charge on any atom is 0.336 e. The van der Waals surface area contributed by atoms with Gasteiger partial charge in [0.15, 0.2) is 0 Å². The van der Waals surface area contributed by atoms with Crippen LogP contribution < -0.4 is 10.9 Å². The van der Waals surface area contributed by atoms with E-state index in [0.29, 0.717) is 12.1 Å². The van der Waals surface area contributed by atoms with E-state index in [1.54, 1.807) is 6.07 Å². The molecule has 0 aliphatic heterocycles. The number of benzene rings is 2. The first-order valence-electron chi connectivity index (χ1n) is 8.21. The summed E-state index contributed by atoms with van der Waals surface area (Å²) in [6.07, 6.45) is 0.918. The number of quaternary nitrogens is 1. The topological polar surface area (TPSA) is 46.8 Å². The fourth-order valence-electron chi connectivity index (χ4n) is 2.89. The van der Waals surface area contributed by atoms with Gasteiger partial charge in [0.25, 0.3) is 0 Å². The van der Waals surface area contributed by atoms with Crippen LogP contribution in [0.1, 0.15) is 36.6 Å². The van der Waals surface area contributed by atoms with Gasteiger partial charge in [-0.2, -0.15) is 0 Å².